The molecule has 1 amide bonds. The van der Waals surface area contributed by atoms with E-state index in [9.17, 15) is 4.79 Å². The van der Waals surface area contributed by atoms with Gasteiger partial charge in [-0.25, -0.2) is 4.98 Å². The Bertz CT molecular complexity index is 647. The van der Waals surface area contributed by atoms with Gasteiger partial charge in [-0.1, -0.05) is 12.1 Å². The normalized spacial score (nSPS) is 10.2. The number of anilines is 2. The zero-order chi connectivity index (χ0) is 15.2. The fraction of sp³-hybridized carbons (Fsp3) is 0.200. The van der Waals surface area contributed by atoms with Crippen LogP contribution in [0.4, 0.5) is 11.5 Å². The first kappa shape index (κ1) is 15.3. The van der Waals surface area contributed by atoms with Crippen molar-refractivity contribution in [3.05, 3.63) is 46.6 Å². The molecule has 2 rings (SSSR count). The van der Waals surface area contributed by atoms with Crippen molar-refractivity contribution in [3.8, 4) is 5.75 Å². The van der Waals surface area contributed by atoms with E-state index in [1.807, 2.05) is 19.1 Å². The maximum atomic E-state index is 11.8. The van der Waals surface area contributed by atoms with E-state index < -0.39 is 0 Å². The number of hydrogen-bond acceptors (Lipinski definition) is 4. The summed E-state index contributed by atoms with van der Waals surface area (Å²) in [5, 5.41) is 2.73. The summed E-state index contributed by atoms with van der Waals surface area (Å²) in [6, 6.07) is 8.99. The average molecular weight is 350 g/mol. The fourth-order valence-corrected chi connectivity index (χ4v) is 1.90. The second-order valence-electron chi connectivity index (χ2n) is 4.50. The highest BCUT2D eigenvalue weighted by Crippen LogP contribution is 2.20. The van der Waals surface area contributed by atoms with Crippen molar-refractivity contribution < 1.29 is 9.53 Å². The lowest BCUT2D eigenvalue weighted by Crippen LogP contribution is -2.16. The molecule has 110 valence electrons. The number of benzene rings is 1. The van der Waals surface area contributed by atoms with Gasteiger partial charge in [-0.3, -0.25) is 4.79 Å². The largest absolute Gasteiger partial charge is 0.491 e. The van der Waals surface area contributed by atoms with Gasteiger partial charge in [0.15, 0.2) is 0 Å². The number of hydrogen-bond donors (Lipinski definition) is 2. The standard InChI is InChI=1S/C15H16BrN3O2/c1-10-8-14(18-9-11(10)16)19-15(20)6-7-21-13-5-3-2-4-12(13)17/h2-5,8-9H,6-7,17H2,1H3,(H,18,19,20). The van der Waals surface area contributed by atoms with Gasteiger partial charge in [0.05, 0.1) is 18.7 Å². The lowest BCUT2D eigenvalue weighted by molar-refractivity contribution is -0.116. The van der Waals surface area contributed by atoms with E-state index in [0.29, 0.717) is 17.3 Å². The summed E-state index contributed by atoms with van der Waals surface area (Å²) in [5.41, 5.74) is 7.32. The van der Waals surface area contributed by atoms with Gasteiger partial charge in [-0.15, -0.1) is 0 Å². The number of carbonyl (C=O) groups excluding carboxylic acids is 1. The summed E-state index contributed by atoms with van der Waals surface area (Å²) in [4.78, 5) is 15.9. The van der Waals surface area contributed by atoms with Gasteiger partial charge in [0.1, 0.15) is 11.6 Å². The van der Waals surface area contributed by atoms with Crippen LogP contribution in [-0.4, -0.2) is 17.5 Å². The molecule has 0 unspecified atom stereocenters. The molecule has 21 heavy (non-hydrogen) atoms. The number of nitrogens with two attached hydrogens (primary N) is 1. The second kappa shape index (κ2) is 7.08. The average Bonchev–Trinajstić information content (AvgIpc) is 2.45. The molecule has 0 atom stereocenters. The van der Waals surface area contributed by atoms with E-state index in [-0.39, 0.29) is 18.9 Å². The first-order valence-electron chi connectivity index (χ1n) is 6.45. The molecule has 3 N–H and O–H groups in total. The fourth-order valence-electron chi connectivity index (χ4n) is 1.68. The number of amides is 1. The number of aromatic nitrogens is 1. The molecule has 0 aliphatic carbocycles. The number of nitrogen functional groups attached to an aromatic ring is 1. The minimum atomic E-state index is -0.154. The van der Waals surface area contributed by atoms with Crippen molar-refractivity contribution in [2.24, 2.45) is 0 Å². The number of halogens is 1. The summed E-state index contributed by atoms with van der Waals surface area (Å²) in [7, 11) is 0. The summed E-state index contributed by atoms with van der Waals surface area (Å²) < 4.78 is 6.38. The molecule has 0 saturated heterocycles. The Morgan fingerprint density at radius 3 is 2.90 bits per heavy atom. The van der Waals surface area contributed by atoms with Crippen LogP contribution < -0.4 is 15.8 Å². The van der Waals surface area contributed by atoms with Crippen molar-refractivity contribution in [1.82, 2.24) is 4.98 Å². The highest BCUT2D eigenvalue weighted by molar-refractivity contribution is 9.10. The van der Waals surface area contributed by atoms with Crippen LogP contribution in [0.25, 0.3) is 0 Å². The van der Waals surface area contributed by atoms with Crippen LogP contribution in [0.5, 0.6) is 5.75 Å². The van der Waals surface area contributed by atoms with E-state index in [1.54, 1.807) is 24.4 Å². The van der Waals surface area contributed by atoms with Crippen LogP contribution in [-0.2, 0) is 4.79 Å². The Hall–Kier alpha value is -2.08. The summed E-state index contributed by atoms with van der Waals surface area (Å²) in [6.45, 7) is 2.19. The van der Waals surface area contributed by atoms with Crippen LogP contribution in [0.2, 0.25) is 0 Å². The van der Waals surface area contributed by atoms with Gasteiger partial charge in [0.2, 0.25) is 5.91 Å². The van der Waals surface area contributed by atoms with Gasteiger partial charge in [0, 0.05) is 10.7 Å². The number of para-hydroxylation sites is 2. The van der Waals surface area contributed by atoms with Gasteiger partial charge >= 0.3 is 0 Å². The number of carbonyl (C=O) groups is 1. The third kappa shape index (κ3) is 4.46. The maximum Gasteiger partial charge on any atom is 0.228 e. The predicted molar refractivity (Wildman–Crippen MR) is 86.3 cm³/mol. The molecule has 0 bridgehead atoms. The Morgan fingerprint density at radius 2 is 2.19 bits per heavy atom. The third-order valence-electron chi connectivity index (χ3n) is 2.82. The van der Waals surface area contributed by atoms with Crippen molar-refractivity contribution in [2.75, 3.05) is 17.7 Å². The van der Waals surface area contributed by atoms with Gasteiger partial charge in [0.25, 0.3) is 0 Å². The summed E-state index contributed by atoms with van der Waals surface area (Å²) in [5.74, 6) is 0.960. The van der Waals surface area contributed by atoms with Crippen LogP contribution in [0.1, 0.15) is 12.0 Å². The Labute approximate surface area is 131 Å². The summed E-state index contributed by atoms with van der Waals surface area (Å²) >= 11 is 3.36. The second-order valence-corrected chi connectivity index (χ2v) is 5.36. The van der Waals surface area contributed by atoms with Gasteiger partial charge in [-0.05, 0) is 46.6 Å². The van der Waals surface area contributed by atoms with E-state index in [4.69, 9.17) is 10.5 Å². The molecule has 6 heteroatoms. The molecule has 0 aliphatic rings. The molecule has 0 spiro atoms. The lowest BCUT2D eigenvalue weighted by atomic mass is 10.3. The van der Waals surface area contributed by atoms with Crippen molar-refractivity contribution in [1.29, 1.82) is 0 Å². The first-order chi connectivity index (χ1) is 10.1. The molecule has 1 aromatic heterocycles. The van der Waals surface area contributed by atoms with E-state index >= 15 is 0 Å². The monoisotopic (exact) mass is 349 g/mol. The number of nitrogens with zero attached hydrogens (tertiary/aromatic N) is 1. The van der Waals surface area contributed by atoms with Crippen LogP contribution >= 0.6 is 15.9 Å². The van der Waals surface area contributed by atoms with Crippen molar-refractivity contribution in [2.45, 2.75) is 13.3 Å². The molecule has 0 saturated carbocycles. The molecule has 0 radical (unpaired) electrons. The topological polar surface area (TPSA) is 77.2 Å². The van der Waals surface area contributed by atoms with Gasteiger partial charge in [-0.2, -0.15) is 0 Å². The minimum absolute atomic E-state index is 0.154. The number of rotatable bonds is 5. The van der Waals surface area contributed by atoms with Crippen molar-refractivity contribution >= 4 is 33.3 Å². The molecule has 1 heterocycles. The zero-order valence-corrected chi connectivity index (χ0v) is 13.2. The van der Waals surface area contributed by atoms with E-state index in [0.717, 1.165) is 10.0 Å². The van der Waals surface area contributed by atoms with Crippen LogP contribution in [0.3, 0.4) is 0 Å². The highest BCUT2D eigenvalue weighted by Gasteiger charge is 2.06. The van der Waals surface area contributed by atoms with Crippen LogP contribution in [0.15, 0.2) is 41.0 Å². The Balaban J connectivity index is 1.82. The molecule has 2 aromatic rings. The van der Waals surface area contributed by atoms with E-state index in [2.05, 4.69) is 26.2 Å². The zero-order valence-electron chi connectivity index (χ0n) is 11.6. The Morgan fingerprint density at radius 1 is 1.43 bits per heavy atom. The van der Waals surface area contributed by atoms with Gasteiger partial charge < -0.3 is 15.8 Å². The first-order valence-corrected chi connectivity index (χ1v) is 7.25. The molecule has 1 aromatic carbocycles. The molecular formula is C15H16BrN3O2. The van der Waals surface area contributed by atoms with Crippen LogP contribution in [0, 0.1) is 6.92 Å². The van der Waals surface area contributed by atoms with Crippen molar-refractivity contribution in [3.63, 3.8) is 0 Å². The smallest absolute Gasteiger partial charge is 0.228 e. The number of ether oxygens (including phenoxy) is 1. The predicted octanol–water partition coefficient (Wildman–Crippen LogP) is 3.14. The summed E-state index contributed by atoms with van der Waals surface area (Å²) in [6.07, 6.45) is 1.89. The molecule has 5 nitrogen and oxygen atoms in total. The minimum Gasteiger partial charge on any atom is -0.491 e. The number of pyridine rings is 1. The maximum absolute atomic E-state index is 11.8. The third-order valence-corrected chi connectivity index (χ3v) is 3.65. The SMILES string of the molecule is Cc1cc(NC(=O)CCOc2ccccc2N)ncc1Br. The quantitative estimate of drug-likeness (QED) is 0.813. The Kier molecular flexibility index (Phi) is 5.16. The molecule has 0 aliphatic heterocycles. The lowest BCUT2D eigenvalue weighted by Gasteiger charge is -2.09. The highest BCUT2D eigenvalue weighted by atomic mass is 79.9. The number of nitrogens with one attached hydrogen (secondary N) is 1. The number of aryl methyl sites for hydroxylation is 1. The molecular weight excluding hydrogens is 334 g/mol. The molecule has 0 fully saturated rings. The van der Waals surface area contributed by atoms with E-state index in [1.165, 1.54) is 0 Å².